The van der Waals surface area contributed by atoms with Gasteiger partial charge in [-0.15, -0.1) is 0 Å². The van der Waals surface area contributed by atoms with Gasteiger partial charge in [0.05, 0.1) is 5.92 Å². The van der Waals surface area contributed by atoms with Gasteiger partial charge in [-0.3, -0.25) is 0 Å². The van der Waals surface area contributed by atoms with Gasteiger partial charge in [-0.2, -0.15) is 0 Å². The molecule has 1 aromatic heterocycles. The SMILES string of the molecule is O=CC1CCCc2c1[nH]c1ccccc21. The number of hydrogen-bond donors (Lipinski definition) is 1. The quantitative estimate of drug-likeness (QED) is 0.704. The number of aromatic nitrogens is 1. The predicted octanol–water partition coefficient (Wildman–Crippen LogP) is 2.79. The molecule has 0 bridgehead atoms. The van der Waals surface area contributed by atoms with E-state index in [1.54, 1.807) is 0 Å². The van der Waals surface area contributed by atoms with Crippen molar-refractivity contribution in [3.8, 4) is 0 Å². The molecular weight excluding hydrogens is 186 g/mol. The summed E-state index contributed by atoms with van der Waals surface area (Å²) in [5.41, 5.74) is 3.67. The number of benzene rings is 1. The monoisotopic (exact) mass is 199 g/mol. The van der Waals surface area contributed by atoms with Gasteiger partial charge in [0.15, 0.2) is 0 Å². The van der Waals surface area contributed by atoms with Crippen molar-refractivity contribution in [1.82, 2.24) is 4.98 Å². The number of carbonyl (C=O) groups excluding carboxylic acids is 1. The molecule has 2 nitrogen and oxygen atoms in total. The Morgan fingerprint density at radius 3 is 3.07 bits per heavy atom. The number of aromatic amines is 1. The summed E-state index contributed by atoms with van der Waals surface area (Å²) in [5, 5.41) is 1.29. The van der Waals surface area contributed by atoms with Crippen LogP contribution in [0.1, 0.15) is 30.0 Å². The van der Waals surface area contributed by atoms with Crippen LogP contribution in [0.4, 0.5) is 0 Å². The third-order valence-electron chi connectivity index (χ3n) is 3.32. The molecule has 1 aliphatic carbocycles. The minimum Gasteiger partial charge on any atom is -0.358 e. The highest BCUT2D eigenvalue weighted by Gasteiger charge is 2.23. The summed E-state index contributed by atoms with van der Waals surface area (Å²) in [6.45, 7) is 0. The number of hydrogen-bond acceptors (Lipinski definition) is 1. The Hall–Kier alpha value is -1.57. The number of H-pyrrole nitrogens is 1. The van der Waals surface area contributed by atoms with Crippen LogP contribution in [-0.4, -0.2) is 11.3 Å². The number of aryl methyl sites for hydroxylation is 1. The van der Waals surface area contributed by atoms with E-state index in [4.69, 9.17) is 0 Å². The third kappa shape index (κ3) is 1.21. The average molecular weight is 199 g/mol. The molecule has 1 heterocycles. The topological polar surface area (TPSA) is 32.9 Å². The van der Waals surface area contributed by atoms with Crippen LogP contribution in [0.15, 0.2) is 24.3 Å². The van der Waals surface area contributed by atoms with Gasteiger partial charge in [0.1, 0.15) is 6.29 Å². The normalized spacial score (nSPS) is 20.1. The molecule has 1 aromatic carbocycles. The van der Waals surface area contributed by atoms with Crippen LogP contribution in [0.25, 0.3) is 10.9 Å². The molecule has 0 spiro atoms. The summed E-state index contributed by atoms with van der Waals surface area (Å²) in [7, 11) is 0. The van der Waals surface area contributed by atoms with Crippen LogP contribution in [-0.2, 0) is 11.2 Å². The van der Waals surface area contributed by atoms with E-state index in [1.807, 2.05) is 6.07 Å². The Morgan fingerprint density at radius 1 is 1.33 bits per heavy atom. The van der Waals surface area contributed by atoms with Gasteiger partial charge in [0.2, 0.25) is 0 Å². The van der Waals surface area contributed by atoms with Gasteiger partial charge in [-0.05, 0) is 30.9 Å². The first-order chi connectivity index (χ1) is 7.40. The van der Waals surface area contributed by atoms with Crippen molar-refractivity contribution in [1.29, 1.82) is 0 Å². The minimum absolute atomic E-state index is 0.0844. The first-order valence-corrected chi connectivity index (χ1v) is 5.45. The van der Waals surface area contributed by atoms with E-state index < -0.39 is 0 Å². The Morgan fingerprint density at radius 2 is 2.20 bits per heavy atom. The molecule has 2 heteroatoms. The Kier molecular flexibility index (Phi) is 1.88. The molecule has 76 valence electrons. The largest absolute Gasteiger partial charge is 0.358 e. The fourth-order valence-electron chi connectivity index (χ4n) is 2.59. The van der Waals surface area contributed by atoms with E-state index in [0.717, 1.165) is 36.8 Å². The minimum atomic E-state index is 0.0844. The van der Waals surface area contributed by atoms with Crippen molar-refractivity contribution < 1.29 is 4.79 Å². The summed E-state index contributed by atoms with van der Waals surface area (Å²) >= 11 is 0. The van der Waals surface area contributed by atoms with Crippen molar-refractivity contribution in [2.45, 2.75) is 25.2 Å². The second kappa shape index (κ2) is 3.23. The number of nitrogens with one attached hydrogen (secondary N) is 1. The molecule has 1 atom stereocenters. The maximum atomic E-state index is 11.0. The molecule has 0 saturated heterocycles. The Labute approximate surface area is 88.3 Å². The standard InChI is InChI=1S/C13H13NO/c15-8-9-4-3-6-11-10-5-1-2-7-12(10)14-13(9)11/h1-2,5,7-9,14H,3-4,6H2. The van der Waals surface area contributed by atoms with Crippen LogP contribution in [0, 0.1) is 0 Å². The predicted molar refractivity (Wildman–Crippen MR) is 60.0 cm³/mol. The second-order valence-electron chi connectivity index (χ2n) is 4.20. The number of aldehydes is 1. The zero-order valence-electron chi connectivity index (χ0n) is 8.49. The summed E-state index contributed by atoms with van der Waals surface area (Å²) < 4.78 is 0. The zero-order chi connectivity index (χ0) is 10.3. The van der Waals surface area contributed by atoms with E-state index in [1.165, 1.54) is 10.9 Å². The summed E-state index contributed by atoms with van der Waals surface area (Å²) in [6, 6.07) is 8.30. The van der Waals surface area contributed by atoms with Gasteiger partial charge < -0.3 is 9.78 Å². The molecule has 0 fully saturated rings. The average Bonchev–Trinajstić information content (AvgIpc) is 2.67. The van der Waals surface area contributed by atoms with Crippen molar-refractivity contribution in [2.24, 2.45) is 0 Å². The zero-order valence-corrected chi connectivity index (χ0v) is 8.49. The fourth-order valence-corrected chi connectivity index (χ4v) is 2.59. The fraction of sp³-hybridized carbons (Fsp3) is 0.308. The highest BCUT2D eigenvalue weighted by atomic mass is 16.1. The smallest absolute Gasteiger partial charge is 0.128 e. The van der Waals surface area contributed by atoms with E-state index in [-0.39, 0.29) is 5.92 Å². The highest BCUT2D eigenvalue weighted by molar-refractivity contribution is 5.86. The molecule has 1 N–H and O–H groups in total. The highest BCUT2D eigenvalue weighted by Crippen LogP contribution is 2.34. The van der Waals surface area contributed by atoms with Gasteiger partial charge in [0.25, 0.3) is 0 Å². The molecule has 1 aliphatic rings. The molecule has 15 heavy (non-hydrogen) atoms. The number of rotatable bonds is 1. The Bertz CT molecular complexity index is 512. The van der Waals surface area contributed by atoms with Crippen molar-refractivity contribution in [3.63, 3.8) is 0 Å². The number of para-hydroxylation sites is 1. The molecule has 3 rings (SSSR count). The van der Waals surface area contributed by atoms with Gasteiger partial charge >= 0.3 is 0 Å². The van der Waals surface area contributed by atoms with E-state index >= 15 is 0 Å². The molecule has 0 aliphatic heterocycles. The van der Waals surface area contributed by atoms with Gasteiger partial charge in [0, 0.05) is 16.6 Å². The summed E-state index contributed by atoms with van der Waals surface area (Å²) in [5.74, 6) is 0.0844. The van der Waals surface area contributed by atoms with Crippen LogP contribution in [0.2, 0.25) is 0 Å². The van der Waals surface area contributed by atoms with Crippen molar-refractivity contribution >= 4 is 17.2 Å². The van der Waals surface area contributed by atoms with Crippen LogP contribution in [0.5, 0.6) is 0 Å². The molecule has 2 aromatic rings. The third-order valence-corrected chi connectivity index (χ3v) is 3.32. The van der Waals surface area contributed by atoms with Crippen LogP contribution < -0.4 is 0 Å². The van der Waals surface area contributed by atoms with E-state index in [2.05, 4.69) is 23.2 Å². The van der Waals surface area contributed by atoms with E-state index in [9.17, 15) is 4.79 Å². The lowest BCUT2D eigenvalue weighted by molar-refractivity contribution is -0.109. The Balaban J connectivity index is 2.28. The summed E-state index contributed by atoms with van der Waals surface area (Å²) in [6.07, 6.45) is 4.29. The lowest BCUT2D eigenvalue weighted by Crippen LogP contribution is -2.09. The maximum absolute atomic E-state index is 11.0. The van der Waals surface area contributed by atoms with Crippen LogP contribution >= 0.6 is 0 Å². The first kappa shape index (κ1) is 8.72. The van der Waals surface area contributed by atoms with Crippen molar-refractivity contribution in [2.75, 3.05) is 0 Å². The second-order valence-corrected chi connectivity index (χ2v) is 4.20. The van der Waals surface area contributed by atoms with Gasteiger partial charge in [-0.1, -0.05) is 18.2 Å². The van der Waals surface area contributed by atoms with Gasteiger partial charge in [-0.25, -0.2) is 0 Å². The molecule has 0 radical (unpaired) electrons. The molecule has 0 saturated carbocycles. The molecule has 0 amide bonds. The molecule has 1 unspecified atom stereocenters. The lowest BCUT2D eigenvalue weighted by atomic mass is 9.88. The van der Waals surface area contributed by atoms with E-state index in [0.29, 0.717) is 0 Å². The first-order valence-electron chi connectivity index (χ1n) is 5.45. The molecular formula is C13H13NO. The van der Waals surface area contributed by atoms with Crippen molar-refractivity contribution in [3.05, 3.63) is 35.5 Å². The lowest BCUT2D eigenvalue weighted by Gasteiger charge is -2.17. The van der Waals surface area contributed by atoms with Crippen LogP contribution in [0.3, 0.4) is 0 Å². The maximum Gasteiger partial charge on any atom is 0.128 e. The summed E-state index contributed by atoms with van der Waals surface area (Å²) in [4.78, 5) is 14.4. The number of fused-ring (bicyclic) bond motifs is 3. The number of carbonyl (C=O) groups is 1.